The molecule has 29 heavy (non-hydrogen) atoms. The lowest BCUT2D eigenvalue weighted by Gasteiger charge is -2.22. The molecule has 1 aliphatic rings. The van der Waals surface area contributed by atoms with Crippen LogP contribution in [0.25, 0.3) is 0 Å². The molecular formula is C21H29N3O5. The molecule has 0 bridgehead atoms. The van der Waals surface area contributed by atoms with Gasteiger partial charge in [-0.05, 0) is 38.2 Å². The Bertz CT molecular complexity index is 765. The van der Waals surface area contributed by atoms with E-state index < -0.39 is 42.5 Å². The summed E-state index contributed by atoms with van der Waals surface area (Å²) in [7, 11) is 0. The van der Waals surface area contributed by atoms with E-state index in [4.69, 9.17) is 4.74 Å². The van der Waals surface area contributed by atoms with Gasteiger partial charge in [-0.2, -0.15) is 0 Å². The summed E-state index contributed by atoms with van der Waals surface area (Å²) in [6, 6.07) is 8.50. The Balaban J connectivity index is 1.82. The first kappa shape index (κ1) is 22.4. The van der Waals surface area contributed by atoms with Crippen molar-refractivity contribution >= 4 is 23.8 Å². The van der Waals surface area contributed by atoms with Gasteiger partial charge in [0.05, 0.1) is 6.04 Å². The fraction of sp³-hybridized carbons (Fsp3) is 0.524. The molecular weight excluding hydrogens is 374 g/mol. The average Bonchev–Trinajstić information content (AvgIpc) is 2.89. The van der Waals surface area contributed by atoms with Crippen molar-refractivity contribution in [3.05, 3.63) is 35.9 Å². The number of ether oxygens (including phenoxy) is 1. The van der Waals surface area contributed by atoms with Crippen LogP contribution < -0.4 is 10.6 Å². The molecule has 8 heteroatoms. The minimum Gasteiger partial charge on any atom is -0.454 e. The number of urea groups is 1. The number of amides is 4. The number of carbonyl (C=O) groups is 4. The lowest BCUT2D eigenvalue weighted by molar-refractivity contribution is -0.151. The number of nitrogens with one attached hydrogen (secondary N) is 2. The van der Waals surface area contributed by atoms with Crippen LogP contribution in [0, 0.1) is 5.92 Å². The van der Waals surface area contributed by atoms with E-state index in [0.29, 0.717) is 12.3 Å². The molecule has 1 heterocycles. The molecule has 1 aromatic rings. The van der Waals surface area contributed by atoms with Crippen LogP contribution in [0.4, 0.5) is 4.79 Å². The summed E-state index contributed by atoms with van der Waals surface area (Å²) >= 11 is 0. The van der Waals surface area contributed by atoms with Crippen LogP contribution in [0.5, 0.6) is 0 Å². The first-order valence-electron chi connectivity index (χ1n) is 9.76. The average molecular weight is 403 g/mol. The molecule has 2 atom stereocenters. The Morgan fingerprint density at radius 1 is 1.17 bits per heavy atom. The smallest absolute Gasteiger partial charge is 0.326 e. The second kappa shape index (κ2) is 9.54. The molecule has 0 saturated carbocycles. The maximum absolute atomic E-state index is 12.6. The van der Waals surface area contributed by atoms with Crippen LogP contribution in [0.15, 0.2) is 30.3 Å². The zero-order valence-corrected chi connectivity index (χ0v) is 17.4. The van der Waals surface area contributed by atoms with E-state index in [9.17, 15) is 19.2 Å². The van der Waals surface area contributed by atoms with Gasteiger partial charge in [0.2, 0.25) is 0 Å². The van der Waals surface area contributed by atoms with E-state index in [0.717, 1.165) is 16.9 Å². The van der Waals surface area contributed by atoms with Gasteiger partial charge >= 0.3 is 12.0 Å². The Kier molecular flexibility index (Phi) is 7.36. The molecule has 0 spiro atoms. The Morgan fingerprint density at radius 3 is 2.45 bits per heavy atom. The van der Waals surface area contributed by atoms with Gasteiger partial charge in [-0.3, -0.25) is 19.3 Å². The highest BCUT2D eigenvalue weighted by molar-refractivity contribution is 6.08. The lowest BCUT2D eigenvalue weighted by atomic mass is 9.92. The summed E-state index contributed by atoms with van der Waals surface area (Å²) in [5, 5.41) is 5.38. The van der Waals surface area contributed by atoms with Gasteiger partial charge in [0.15, 0.2) is 6.61 Å². The zero-order chi connectivity index (χ0) is 21.6. The number of esters is 1. The maximum Gasteiger partial charge on any atom is 0.326 e. The van der Waals surface area contributed by atoms with E-state index in [2.05, 4.69) is 10.6 Å². The molecule has 1 saturated heterocycles. The number of hydrogen-bond acceptors (Lipinski definition) is 5. The van der Waals surface area contributed by atoms with Gasteiger partial charge in [-0.15, -0.1) is 0 Å². The van der Waals surface area contributed by atoms with E-state index >= 15 is 0 Å². The Labute approximate surface area is 171 Å². The van der Waals surface area contributed by atoms with Gasteiger partial charge in [-0.25, -0.2) is 4.79 Å². The Hall–Kier alpha value is -2.90. The molecule has 158 valence electrons. The predicted molar refractivity (Wildman–Crippen MR) is 107 cm³/mol. The molecule has 4 amide bonds. The fourth-order valence-corrected chi connectivity index (χ4v) is 3.07. The van der Waals surface area contributed by atoms with E-state index in [1.54, 1.807) is 6.92 Å². The lowest BCUT2D eigenvalue weighted by Crippen LogP contribution is -2.44. The van der Waals surface area contributed by atoms with Crippen LogP contribution in [-0.4, -0.2) is 47.4 Å². The van der Waals surface area contributed by atoms with Crippen molar-refractivity contribution in [2.24, 2.45) is 5.92 Å². The molecule has 2 N–H and O–H groups in total. The molecule has 1 aliphatic heterocycles. The number of nitrogens with zero attached hydrogens (tertiary/aromatic N) is 1. The van der Waals surface area contributed by atoms with Crippen molar-refractivity contribution in [3.8, 4) is 0 Å². The maximum atomic E-state index is 12.6. The third kappa shape index (κ3) is 6.04. The minimum absolute atomic E-state index is 0.241. The molecule has 0 aliphatic carbocycles. The summed E-state index contributed by atoms with van der Waals surface area (Å²) in [6.07, 6.45) is 1.25. The standard InChI is InChI=1S/C21H29N3O5/c1-14(2)10-11-21(4)19(27)24(20(28)23-21)12-18(26)29-13-17(25)22-15(3)16-8-6-5-7-9-16/h5-9,14-15H,10-13H2,1-4H3,(H,22,25)(H,23,28)/t15-,21-/m0/s1. The third-order valence-corrected chi connectivity index (χ3v) is 4.90. The second-order valence-corrected chi connectivity index (χ2v) is 7.95. The molecule has 0 aromatic heterocycles. The highest BCUT2D eigenvalue weighted by Crippen LogP contribution is 2.24. The van der Waals surface area contributed by atoms with Crippen molar-refractivity contribution in [1.82, 2.24) is 15.5 Å². The highest BCUT2D eigenvalue weighted by atomic mass is 16.5. The summed E-state index contributed by atoms with van der Waals surface area (Å²) < 4.78 is 4.94. The summed E-state index contributed by atoms with van der Waals surface area (Å²) in [5.41, 5.74) is -0.100. The summed E-state index contributed by atoms with van der Waals surface area (Å²) in [6.45, 7) is 6.53. The van der Waals surface area contributed by atoms with Crippen LogP contribution >= 0.6 is 0 Å². The number of imide groups is 1. The second-order valence-electron chi connectivity index (χ2n) is 7.95. The molecule has 1 aromatic carbocycles. The van der Waals surface area contributed by atoms with Gasteiger partial charge in [-0.1, -0.05) is 44.2 Å². The van der Waals surface area contributed by atoms with Crippen molar-refractivity contribution in [2.75, 3.05) is 13.2 Å². The van der Waals surface area contributed by atoms with Crippen molar-refractivity contribution in [3.63, 3.8) is 0 Å². The fourth-order valence-electron chi connectivity index (χ4n) is 3.07. The number of rotatable bonds is 9. The number of benzene rings is 1. The van der Waals surface area contributed by atoms with E-state index in [1.165, 1.54) is 0 Å². The predicted octanol–water partition coefficient (Wildman–Crippen LogP) is 2.15. The first-order valence-corrected chi connectivity index (χ1v) is 9.76. The Morgan fingerprint density at radius 2 is 1.83 bits per heavy atom. The normalized spacial score (nSPS) is 19.8. The molecule has 0 unspecified atom stereocenters. The van der Waals surface area contributed by atoms with Gasteiger partial charge < -0.3 is 15.4 Å². The van der Waals surface area contributed by atoms with E-state index in [-0.39, 0.29) is 6.04 Å². The number of carbonyl (C=O) groups excluding carboxylic acids is 4. The zero-order valence-electron chi connectivity index (χ0n) is 17.4. The molecule has 0 radical (unpaired) electrons. The van der Waals surface area contributed by atoms with Crippen LogP contribution in [-0.2, 0) is 19.1 Å². The number of hydrogen-bond donors (Lipinski definition) is 2. The van der Waals surface area contributed by atoms with Crippen LogP contribution in [0.1, 0.15) is 52.1 Å². The molecule has 8 nitrogen and oxygen atoms in total. The van der Waals surface area contributed by atoms with Gasteiger partial charge in [0, 0.05) is 0 Å². The monoisotopic (exact) mass is 403 g/mol. The SMILES string of the molecule is CC(C)CC[C@]1(C)NC(=O)N(CC(=O)OCC(=O)N[C@@H](C)c2ccccc2)C1=O. The largest absolute Gasteiger partial charge is 0.454 e. The topological polar surface area (TPSA) is 105 Å². The van der Waals surface area contributed by atoms with Crippen molar-refractivity contribution in [2.45, 2.75) is 52.1 Å². The van der Waals surface area contributed by atoms with Crippen LogP contribution in [0.3, 0.4) is 0 Å². The van der Waals surface area contributed by atoms with E-state index in [1.807, 2.05) is 51.1 Å². The van der Waals surface area contributed by atoms with Gasteiger partial charge in [0.1, 0.15) is 12.1 Å². The first-order chi connectivity index (χ1) is 13.6. The van der Waals surface area contributed by atoms with Gasteiger partial charge in [0.25, 0.3) is 11.8 Å². The van der Waals surface area contributed by atoms with Crippen molar-refractivity contribution < 1.29 is 23.9 Å². The highest BCUT2D eigenvalue weighted by Gasteiger charge is 2.48. The van der Waals surface area contributed by atoms with Crippen molar-refractivity contribution in [1.29, 1.82) is 0 Å². The summed E-state index contributed by atoms with van der Waals surface area (Å²) in [5.74, 6) is -1.35. The third-order valence-electron chi connectivity index (χ3n) is 4.90. The van der Waals surface area contributed by atoms with Crippen LogP contribution in [0.2, 0.25) is 0 Å². The molecule has 2 rings (SSSR count). The summed E-state index contributed by atoms with van der Waals surface area (Å²) in [4.78, 5) is 49.6. The minimum atomic E-state index is -1.02. The quantitative estimate of drug-likeness (QED) is 0.486. The molecule has 1 fully saturated rings.